The van der Waals surface area contributed by atoms with Crippen LogP contribution < -0.4 is 4.74 Å². The van der Waals surface area contributed by atoms with Crippen LogP contribution in [0.3, 0.4) is 0 Å². The molecule has 31 heavy (non-hydrogen) atoms. The molecule has 0 saturated heterocycles. The highest BCUT2D eigenvalue weighted by Crippen LogP contribution is 2.37. The molecule has 0 fully saturated rings. The number of pyridine rings is 1. The number of nitrogens with zero attached hydrogens (tertiary/aromatic N) is 2. The Morgan fingerprint density at radius 2 is 2.00 bits per heavy atom. The van der Waals surface area contributed by atoms with Crippen molar-refractivity contribution in [2.45, 2.75) is 26.3 Å². The Morgan fingerprint density at radius 3 is 2.71 bits per heavy atom. The van der Waals surface area contributed by atoms with E-state index in [0.29, 0.717) is 28.9 Å². The summed E-state index contributed by atoms with van der Waals surface area (Å²) < 4.78 is 30.8. The van der Waals surface area contributed by atoms with E-state index < -0.39 is 13.0 Å². The quantitative estimate of drug-likeness (QED) is 0.651. The first-order valence-electron chi connectivity index (χ1n) is 9.85. The number of hydrogen-bond donors (Lipinski definition) is 1. The number of fused-ring (bicyclic) bond motifs is 1. The zero-order chi connectivity index (χ0) is 22.0. The molecule has 3 aromatic rings. The lowest BCUT2D eigenvalue weighted by atomic mass is 9.93. The van der Waals surface area contributed by atoms with Gasteiger partial charge < -0.3 is 14.6 Å². The average molecular weight is 425 g/mol. The van der Waals surface area contributed by atoms with Gasteiger partial charge in [0.25, 0.3) is 6.43 Å². The van der Waals surface area contributed by atoms with E-state index in [9.17, 15) is 18.4 Å². The SMILES string of the molecule is CC(=O)N1CC(=O)c2c([nH]c(-c3ccncc3OCC(F)F)c2Cc2ccccc2)C1. The summed E-state index contributed by atoms with van der Waals surface area (Å²) >= 11 is 0. The lowest BCUT2D eigenvalue weighted by Gasteiger charge is -2.25. The Kier molecular flexibility index (Phi) is 5.79. The molecule has 160 valence electrons. The monoisotopic (exact) mass is 425 g/mol. The first kappa shape index (κ1) is 20.7. The van der Waals surface area contributed by atoms with Crippen LogP contribution in [-0.4, -0.2) is 46.1 Å². The zero-order valence-corrected chi connectivity index (χ0v) is 16.9. The molecule has 0 aliphatic carbocycles. The van der Waals surface area contributed by atoms with Crippen LogP contribution in [0.15, 0.2) is 48.8 Å². The van der Waals surface area contributed by atoms with Gasteiger partial charge in [-0.2, -0.15) is 0 Å². The van der Waals surface area contributed by atoms with Gasteiger partial charge in [0.1, 0.15) is 12.4 Å². The Labute approximate surface area is 177 Å². The predicted octanol–water partition coefficient (Wildman–Crippen LogP) is 3.86. The molecule has 1 aliphatic rings. The number of nitrogens with one attached hydrogen (secondary N) is 1. The summed E-state index contributed by atoms with van der Waals surface area (Å²) in [7, 11) is 0. The van der Waals surface area contributed by atoms with Crippen molar-refractivity contribution >= 4 is 11.7 Å². The number of amides is 1. The number of H-pyrrole nitrogens is 1. The molecule has 1 aliphatic heterocycles. The molecule has 4 rings (SSSR count). The van der Waals surface area contributed by atoms with Gasteiger partial charge in [-0.3, -0.25) is 14.6 Å². The van der Waals surface area contributed by atoms with Crippen LogP contribution >= 0.6 is 0 Å². The minimum atomic E-state index is -2.63. The largest absolute Gasteiger partial charge is 0.485 e. The number of ether oxygens (including phenoxy) is 1. The number of alkyl halides is 2. The number of hydrogen-bond acceptors (Lipinski definition) is 4. The van der Waals surface area contributed by atoms with Gasteiger partial charge in [0, 0.05) is 36.4 Å². The molecule has 1 aromatic carbocycles. The maximum Gasteiger partial charge on any atom is 0.272 e. The van der Waals surface area contributed by atoms with Crippen molar-refractivity contribution in [3.8, 4) is 17.0 Å². The Balaban J connectivity index is 1.84. The summed E-state index contributed by atoms with van der Waals surface area (Å²) in [5.41, 5.74) is 4.08. The normalized spacial score (nSPS) is 13.4. The summed E-state index contributed by atoms with van der Waals surface area (Å²) in [4.78, 5) is 33.6. The van der Waals surface area contributed by atoms with Gasteiger partial charge in [0.15, 0.2) is 5.78 Å². The molecule has 0 atom stereocenters. The molecule has 0 radical (unpaired) electrons. The van der Waals surface area contributed by atoms with Gasteiger partial charge in [-0.25, -0.2) is 8.78 Å². The molecule has 3 heterocycles. The van der Waals surface area contributed by atoms with E-state index in [2.05, 4.69) is 9.97 Å². The lowest BCUT2D eigenvalue weighted by molar-refractivity contribution is -0.129. The van der Waals surface area contributed by atoms with E-state index in [1.807, 2.05) is 30.3 Å². The molecule has 8 heteroatoms. The Bertz CT molecular complexity index is 1110. The zero-order valence-electron chi connectivity index (χ0n) is 16.9. The number of rotatable bonds is 6. The fourth-order valence-electron chi connectivity index (χ4n) is 3.83. The fraction of sp³-hybridized carbons (Fsp3) is 0.261. The second-order valence-electron chi connectivity index (χ2n) is 7.37. The van der Waals surface area contributed by atoms with E-state index in [0.717, 1.165) is 11.1 Å². The van der Waals surface area contributed by atoms with E-state index in [1.165, 1.54) is 18.0 Å². The van der Waals surface area contributed by atoms with Gasteiger partial charge >= 0.3 is 0 Å². The number of carbonyl (C=O) groups is 2. The first-order valence-corrected chi connectivity index (χ1v) is 9.85. The smallest absolute Gasteiger partial charge is 0.272 e. The van der Waals surface area contributed by atoms with Crippen molar-refractivity contribution in [2.75, 3.05) is 13.2 Å². The van der Waals surface area contributed by atoms with Gasteiger partial charge in [-0.1, -0.05) is 30.3 Å². The third-order valence-corrected chi connectivity index (χ3v) is 5.23. The Hall–Kier alpha value is -3.55. The van der Waals surface area contributed by atoms with Gasteiger partial charge in [0.05, 0.1) is 25.0 Å². The summed E-state index contributed by atoms with van der Waals surface area (Å²) in [6.45, 7) is 0.944. The second-order valence-corrected chi connectivity index (χ2v) is 7.37. The van der Waals surface area contributed by atoms with Crippen molar-refractivity contribution in [3.05, 3.63) is 71.2 Å². The van der Waals surface area contributed by atoms with Crippen molar-refractivity contribution in [1.82, 2.24) is 14.9 Å². The van der Waals surface area contributed by atoms with Crippen LogP contribution in [0, 0.1) is 0 Å². The maximum atomic E-state index is 13.0. The van der Waals surface area contributed by atoms with Crippen LogP contribution in [0.1, 0.15) is 34.1 Å². The van der Waals surface area contributed by atoms with Gasteiger partial charge in [-0.15, -0.1) is 0 Å². The van der Waals surface area contributed by atoms with Crippen molar-refractivity contribution in [3.63, 3.8) is 0 Å². The molecule has 0 saturated carbocycles. The van der Waals surface area contributed by atoms with E-state index in [4.69, 9.17) is 4.74 Å². The third kappa shape index (κ3) is 4.33. The van der Waals surface area contributed by atoms with E-state index in [1.54, 1.807) is 12.3 Å². The minimum Gasteiger partial charge on any atom is -0.485 e. The Morgan fingerprint density at radius 1 is 1.23 bits per heavy atom. The number of ketones is 1. The van der Waals surface area contributed by atoms with Crippen LogP contribution in [-0.2, 0) is 17.8 Å². The number of aromatic nitrogens is 2. The standard InChI is InChI=1S/C23H21F2N3O3/c1-14(29)28-11-18-22(19(30)12-28)17(9-15-5-3-2-4-6-15)23(27-18)16-7-8-26-10-20(16)31-13-21(24)25/h2-8,10,21,27H,9,11-13H2,1H3. The molecular weight excluding hydrogens is 404 g/mol. The summed E-state index contributed by atoms with van der Waals surface area (Å²) in [5.74, 6) is -0.148. The average Bonchev–Trinajstić information content (AvgIpc) is 3.11. The highest BCUT2D eigenvalue weighted by molar-refractivity contribution is 6.04. The number of halogens is 2. The molecule has 0 bridgehead atoms. The van der Waals surface area contributed by atoms with Crippen molar-refractivity contribution in [1.29, 1.82) is 0 Å². The number of carbonyl (C=O) groups excluding carboxylic acids is 2. The van der Waals surface area contributed by atoms with Gasteiger partial charge in [-0.05, 0) is 17.2 Å². The molecule has 2 aromatic heterocycles. The van der Waals surface area contributed by atoms with E-state index >= 15 is 0 Å². The van der Waals surface area contributed by atoms with E-state index in [-0.39, 0.29) is 30.5 Å². The summed E-state index contributed by atoms with van der Waals surface area (Å²) in [6.07, 6.45) is 0.762. The van der Waals surface area contributed by atoms with Crippen molar-refractivity contribution < 1.29 is 23.1 Å². The molecule has 1 amide bonds. The predicted molar refractivity (Wildman–Crippen MR) is 110 cm³/mol. The summed E-state index contributed by atoms with van der Waals surface area (Å²) in [6, 6.07) is 11.3. The highest BCUT2D eigenvalue weighted by atomic mass is 19.3. The van der Waals surface area contributed by atoms with Crippen LogP contribution in [0.2, 0.25) is 0 Å². The summed E-state index contributed by atoms with van der Waals surface area (Å²) in [5, 5.41) is 0. The van der Waals surface area contributed by atoms with Crippen LogP contribution in [0.4, 0.5) is 8.78 Å². The second kappa shape index (κ2) is 8.67. The third-order valence-electron chi connectivity index (χ3n) is 5.23. The molecular formula is C23H21F2N3O3. The van der Waals surface area contributed by atoms with Crippen molar-refractivity contribution in [2.24, 2.45) is 0 Å². The molecule has 6 nitrogen and oxygen atoms in total. The fourth-order valence-corrected chi connectivity index (χ4v) is 3.83. The highest BCUT2D eigenvalue weighted by Gasteiger charge is 2.32. The van der Waals surface area contributed by atoms with Gasteiger partial charge in [0.2, 0.25) is 5.91 Å². The molecule has 1 N–H and O–H groups in total. The lowest BCUT2D eigenvalue weighted by Crippen LogP contribution is -2.38. The maximum absolute atomic E-state index is 13.0. The minimum absolute atomic E-state index is 0.00645. The van der Waals surface area contributed by atoms with Crippen LogP contribution in [0.5, 0.6) is 5.75 Å². The number of benzene rings is 1. The number of Topliss-reactive ketones (excluding diaryl/α,β-unsaturated/α-hetero) is 1. The number of aromatic amines is 1. The van der Waals surface area contributed by atoms with Crippen LogP contribution in [0.25, 0.3) is 11.3 Å². The molecule has 0 spiro atoms. The first-order chi connectivity index (χ1) is 14.9. The topological polar surface area (TPSA) is 75.3 Å². The molecule has 0 unspecified atom stereocenters.